The van der Waals surface area contributed by atoms with Crippen molar-refractivity contribution >= 4 is 0 Å². The van der Waals surface area contributed by atoms with Crippen molar-refractivity contribution in [2.24, 2.45) is 0 Å². The van der Waals surface area contributed by atoms with E-state index in [0.29, 0.717) is 6.61 Å². The molecule has 0 bridgehead atoms. The minimum Gasteiger partial charge on any atom is -0.396 e. The molecule has 0 rings (SSSR count). The molecule has 0 aromatic heterocycles. The molecule has 0 heterocycles. The Morgan fingerprint density at radius 3 is 2.20 bits per heavy atom. The standard InChI is InChI=1S/C6H15NO.C2H6/c1-2-7-5-3-4-6-8;1-2/h7-8H,2-6H2,1H3;1-2H3. The van der Waals surface area contributed by atoms with Crippen LogP contribution in [0.3, 0.4) is 0 Å². The Hall–Kier alpha value is -0.0800. The van der Waals surface area contributed by atoms with Gasteiger partial charge in [0.15, 0.2) is 0 Å². The van der Waals surface area contributed by atoms with Gasteiger partial charge in [-0.25, -0.2) is 0 Å². The zero-order valence-electron chi connectivity index (χ0n) is 7.48. The van der Waals surface area contributed by atoms with E-state index in [4.69, 9.17) is 5.11 Å². The molecular weight excluding hydrogens is 126 g/mol. The van der Waals surface area contributed by atoms with Crippen molar-refractivity contribution in [2.75, 3.05) is 19.7 Å². The van der Waals surface area contributed by atoms with Gasteiger partial charge in [0, 0.05) is 6.61 Å². The predicted octanol–water partition coefficient (Wildman–Crippen LogP) is 1.39. The molecule has 0 fully saturated rings. The van der Waals surface area contributed by atoms with Gasteiger partial charge in [-0.05, 0) is 25.9 Å². The summed E-state index contributed by atoms with van der Waals surface area (Å²) in [6.07, 6.45) is 2.01. The normalized spacial score (nSPS) is 8.40. The van der Waals surface area contributed by atoms with Crippen LogP contribution < -0.4 is 5.32 Å². The van der Waals surface area contributed by atoms with Crippen LogP contribution in [0.25, 0.3) is 0 Å². The highest BCUT2D eigenvalue weighted by Gasteiger charge is 1.82. The van der Waals surface area contributed by atoms with Crippen molar-refractivity contribution in [3.05, 3.63) is 0 Å². The van der Waals surface area contributed by atoms with Crippen LogP contribution in [0.5, 0.6) is 0 Å². The second-order valence-corrected chi connectivity index (χ2v) is 1.78. The average molecular weight is 147 g/mol. The van der Waals surface area contributed by atoms with Crippen LogP contribution in [-0.2, 0) is 0 Å². The molecule has 0 radical (unpaired) electrons. The van der Waals surface area contributed by atoms with E-state index in [1.54, 1.807) is 0 Å². The van der Waals surface area contributed by atoms with Crippen molar-refractivity contribution in [1.29, 1.82) is 0 Å². The van der Waals surface area contributed by atoms with Crippen LogP contribution in [0.2, 0.25) is 0 Å². The topological polar surface area (TPSA) is 32.3 Å². The second-order valence-electron chi connectivity index (χ2n) is 1.78. The summed E-state index contributed by atoms with van der Waals surface area (Å²) in [6.45, 7) is 8.48. The van der Waals surface area contributed by atoms with Crippen LogP contribution in [0.4, 0.5) is 0 Å². The fourth-order valence-electron chi connectivity index (χ4n) is 0.539. The molecule has 0 aliphatic rings. The molecule has 0 aliphatic carbocycles. The fraction of sp³-hybridized carbons (Fsp3) is 1.00. The summed E-state index contributed by atoms with van der Waals surface area (Å²) in [7, 11) is 0. The Kier molecular flexibility index (Phi) is 20.1. The number of hydrogen-bond donors (Lipinski definition) is 2. The molecule has 2 nitrogen and oxygen atoms in total. The Morgan fingerprint density at radius 2 is 1.80 bits per heavy atom. The third-order valence-corrected chi connectivity index (χ3v) is 1.01. The van der Waals surface area contributed by atoms with Gasteiger partial charge < -0.3 is 10.4 Å². The number of unbranched alkanes of at least 4 members (excludes halogenated alkanes) is 1. The number of aliphatic hydroxyl groups excluding tert-OH is 1. The maximum absolute atomic E-state index is 8.34. The van der Waals surface area contributed by atoms with Gasteiger partial charge in [-0.3, -0.25) is 0 Å². The first kappa shape index (κ1) is 12.6. The molecule has 0 saturated heterocycles. The lowest BCUT2D eigenvalue weighted by Gasteiger charge is -1.96. The lowest BCUT2D eigenvalue weighted by Crippen LogP contribution is -2.13. The first-order chi connectivity index (χ1) is 4.91. The van der Waals surface area contributed by atoms with Crippen LogP contribution in [-0.4, -0.2) is 24.8 Å². The summed E-state index contributed by atoms with van der Waals surface area (Å²) < 4.78 is 0. The van der Waals surface area contributed by atoms with Crippen molar-refractivity contribution in [2.45, 2.75) is 33.6 Å². The molecule has 0 atom stereocenters. The highest BCUT2D eigenvalue weighted by atomic mass is 16.2. The number of hydrogen-bond acceptors (Lipinski definition) is 2. The van der Waals surface area contributed by atoms with E-state index in [0.717, 1.165) is 25.9 Å². The maximum atomic E-state index is 8.34. The summed E-state index contributed by atoms with van der Waals surface area (Å²) in [4.78, 5) is 0. The van der Waals surface area contributed by atoms with Crippen LogP contribution in [0.1, 0.15) is 33.6 Å². The van der Waals surface area contributed by atoms with Crippen LogP contribution >= 0.6 is 0 Å². The van der Waals surface area contributed by atoms with Crippen molar-refractivity contribution in [1.82, 2.24) is 5.32 Å². The monoisotopic (exact) mass is 147 g/mol. The van der Waals surface area contributed by atoms with Gasteiger partial charge in [-0.1, -0.05) is 20.8 Å². The summed E-state index contributed by atoms with van der Waals surface area (Å²) in [5.41, 5.74) is 0. The smallest absolute Gasteiger partial charge is 0.0431 e. The summed E-state index contributed by atoms with van der Waals surface area (Å²) in [6, 6.07) is 0. The lowest BCUT2D eigenvalue weighted by molar-refractivity contribution is 0.284. The Balaban J connectivity index is 0. The molecule has 0 aromatic rings. The van der Waals surface area contributed by atoms with E-state index in [1.165, 1.54) is 0 Å². The van der Waals surface area contributed by atoms with Gasteiger partial charge in [0.2, 0.25) is 0 Å². The van der Waals surface area contributed by atoms with Crippen molar-refractivity contribution in [3.63, 3.8) is 0 Å². The molecule has 0 saturated carbocycles. The zero-order valence-corrected chi connectivity index (χ0v) is 7.48. The summed E-state index contributed by atoms with van der Waals surface area (Å²) in [5, 5.41) is 11.5. The van der Waals surface area contributed by atoms with Gasteiger partial charge in [0.05, 0.1) is 0 Å². The SMILES string of the molecule is CC.CCNCCCCO. The molecule has 64 valence electrons. The van der Waals surface area contributed by atoms with E-state index < -0.39 is 0 Å². The second kappa shape index (κ2) is 16.0. The minimum atomic E-state index is 0.325. The fourth-order valence-corrected chi connectivity index (χ4v) is 0.539. The molecule has 0 amide bonds. The van der Waals surface area contributed by atoms with Gasteiger partial charge >= 0.3 is 0 Å². The minimum absolute atomic E-state index is 0.325. The van der Waals surface area contributed by atoms with Crippen molar-refractivity contribution < 1.29 is 5.11 Å². The number of aliphatic hydroxyl groups is 1. The third kappa shape index (κ3) is 15.7. The Labute approximate surface area is 64.6 Å². The Morgan fingerprint density at radius 1 is 1.20 bits per heavy atom. The first-order valence-electron chi connectivity index (χ1n) is 4.23. The van der Waals surface area contributed by atoms with E-state index in [1.807, 2.05) is 13.8 Å². The summed E-state index contributed by atoms with van der Waals surface area (Å²) in [5.74, 6) is 0. The molecule has 2 heteroatoms. The molecule has 0 spiro atoms. The van der Waals surface area contributed by atoms with E-state index >= 15 is 0 Å². The molecule has 0 aromatic carbocycles. The lowest BCUT2D eigenvalue weighted by atomic mass is 10.3. The third-order valence-electron chi connectivity index (χ3n) is 1.01. The Bertz CT molecular complexity index is 34.2. The molecule has 0 aliphatic heterocycles. The maximum Gasteiger partial charge on any atom is 0.0431 e. The predicted molar refractivity (Wildman–Crippen MR) is 46.2 cm³/mol. The van der Waals surface area contributed by atoms with Gasteiger partial charge in [-0.15, -0.1) is 0 Å². The average Bonchev–Trinajstić information content (AvgIpc) is 2.02. The van der Waals surface area contributed by atoms with Crippen molar-refractivity contribution in [3.8, 4) is 0 Å². The largest absolute Gasteiger partial charge is 0.396 e. The quantitative estimate of drug-likeness (QED) is 0.576. The van der Waals surface area contributed by atoms with E-state index in [2.05, 4.69) is 12.2 Å². The summed E-state index contributed by atoms with van der Waals surface area (Å²) >= 11 is 0. The van der Waals surface area contributed by atoms with Gasteiger partial charge in [-0.2, -0.15) is 0 Å². The highest BCUT2D eigenvalue weighted by Crippen LogP contribution is 1.81. The van der Waals surface area contributed by atoms with Gasteiger partial charge in [0.1, 0.15) is 0 Å². The zero-order chi connectivity index (χ0) is 8.24. The number of rotatable bonds is 5. The van der Waals surface area contributed by atoms with Gasteiger partial charge in [0.25, 0.3) is 0 Å². The molecular formula is C8H21NO. The van der Waals surface area contributed by atoms with E-state index in [9.17, 15) is 0 Å². The van der Waals surface area contributed by atoms with Crippen LogP contribution in [0.15, 0.2) is 0 Å². The highest BCUT2D eigenvalue weighted by molar-refractivity contribution is 4.42. The molecule has 10 heavy (non-hydrogen) atoms. The molecule has 2 N–H and O–H groups in total. The number of nitrogens with one attached hydrogen (secondary N) is 1. The van der Waals surface area contributed by atoms with E-state index in [-0.39, 0.29) is 0 Å². The van der Waals surface area contributed by atoms with Crippen LogP contribution in [0, 0.1) is 0 Å². The molecule has 0 unspecified atom stereocenters. The first-order valence-corrected chi connectivity index (χ1v) is 4.23.